The third-order valence-corrected chi connectivity index (χ3v) is 3.01. The number of carbonyl (C=O) groups excluding carboxylic acids is 1. The summed E-state index contributed by atoms with van der Waals surface area (Å²) in [6, 6.07) is 19.5. The predicted octanol–water partition coefficient (Wildman–Crippen LogP) is 3.30. The van der Waals surface area contributed by atoms with Gasteiger partial charge in [-0.3, -0.25) is 4.39 Å². The van der Waals surface area contributed by atoms with Crippen molar-refractivity contribution in [3.63, 3.8) is 0 Å². The zero-order valence-electron chi connectivity index (χ0n) is 20.0. The quantitative estimate of drug-likeness (QED) is 0.200. The molecule has 0 atom stereocenters. The van der Waals surface area contributed by atoms with Crippen molar-refractivity contribution in [2.24, 2.45) is 0 Å². The topological polar surface area (TPSA) is 93.6 Å². The van der Waals surface area contributed by atoms with Crippen molar-refractivity contribution in [2.75, 3.05) is 14.3 Å². The average molecular weight is 575 g/mol. The fourth-order valence-corrected chi connectivity index (χ4v) is 1.63. The second kappa shape index (κ2) is 36.4. The number of rotatable bonds is 3. The van der Waals surface area contributed by atoms with Crippen LogP contribution in [0.15, 0.2) is 72.8 Å². The van der Waals surface area contributed by atoms with E-state index in [2.05, 4.69) is 46.0 Å². The normalized spacial score (nSPS) is 7.48. The molecule has 0 spiro atoms. The summed E-state index contributed by atoms with van der Waals surface area (Å²) in [5, 5.41) is 8.29. The van der Waals surface area contributed by atoms with E-state index in [0.717, 1.165) is 17.7 Å². The number of aliphatic carboxylic acids is 1. The van der Waals surface area contributed by atoms with E-state index in [1.165, 1.54) is 18.1 Å². The Balaban J connectivity index is -0.0000000712. The van der Waals surface area contributed by atoms with Crippen LogP contribution in [-0.4, -0.2) is 36.8 Å². The van der Waals surface area contributed by atoms with E-state index >= 15 is 0 Å². The molecule has 0 aliphatic carbocycles. The van der Waals surface area contributed by atoms with Crippen molar-refractivity contribution in [1.29, 1.82) is 0 Å². The summed E-state index contributed by atoms with van der Waals surface area (Å²) in [6.45, 7) is 8.68. The second-order valence-electron chi connectivity index (χ2n) is 4.07. The van der Waals surface area contributed by atoms with Crippen LogP contribution in [0.25, 0.3) is 6.08 Å². The minimum atomic E-state index is -0.922. The van der Waals surface area contributed by atoms with Gasteiger partial charge in [0.25, 0.3) is 0 Å². The number of hydrogen-bond donors (Lipinski definition) is 1. The van der Waals surface area contributed by atoms with E-state index in [0.29, 0.717) is 7.18 Å². The molecular formula is C23H32FIKO5+. The van der Waals surface area contributed by atoms with Crippen LogP contribution in [0.2, 0.25) is 0 Å². The van der Waals surface area contributed by atoms with Gasteiger partial charge in [0.15, 0.2) is 0 Å². The predicted molar refractivity (Wildman–Crippen MR) is 130 cm³/mol. The van der Waals surface area contributed by atoms with Gasteiger partial charge in [0, 0.05) is 11.0 Å². The molecule has 2 aromatic carbocycles. The van der Waals surface area contributed by atoms with Crippen molar-refractivity contribution in [1.82, 2.24) is 0 Å². The zero-order chi connectivity index (χ0) is 24.2. The van der Waals surface area contributed by atoms with Gasteiger partial charge in [0.1, 0.15) is 7.11 Å². The first-order valence-corrected chi connectivity index (χ1v) is 9.24. The van der Waals surface area contributed by atoms with Crippen LogP contribution < -0.4 is 51.4 Å². The monoisotopic (exact) mass is 574 g/mol. The molecule has 5 nitrogen and oxygen atoms in total. The Morgan fingerprint density at radius 3 is 1.68 bits per heavy atom. The van der Waals surface area contributed by atoms with Crippen LogP contribution in [0, 0.1) is 10.1 Å². The first kappa shape index (κ1) is 40.4. The van der Waals surface area contributed by atoms with Crippen LogP contribution in [0.4, 0.5) is 4.39 Å². The fourth-order valence-electron chi connectivity index (χ4n) is 1.21. The number of methoxy groups -OCH3 is 1. The van der Waals surface area contributed by atoms with Crippen molar-refractivity contribution in [3.05, 3.63) is 88.5 Å². The Morgan fingerprint density at radius 1 is 1.06 bits per heavy atom. The molecule has 0 unspecified atom stereocenters. The first-order chi connectivity index (χ1) is 14.5. The molecule has 0 heterocycles. The molecule has 168 valence electrons. The molecule has 0 aliphatic rings. The number of halogens is 2. The molecule has 0 amide bonds. The van der Waals surface area contributed by atoms with Gasteiger partial charge in [-0.1, -0.05) is 69.8 Å². The molecule has 8 heteroatoms. The van der Waals surface area contributed by atoms with Gasteiger partial charge in [0.05, 0.1) is 13.8 Å². The van der Waals surface area contributed by atoms with Gasteiger partial charge in [-0.15, -0.1) is 4.79 Å². The van der Waals surface area contributed by atoms with E-state index in [1.54, 1.807) is 6.08 Å². The second-order valence-corrected chi connectivity index (χ2v) is 5.31. The summed E-state index contributed by atoms with van der Waals surface area (Å²) in [5.74, 6) is -1.43. The number of esters is 1. The summed E-state index contributed by atoms with van der Waals surface area (Å²) in [5.41, 5.74) is 0.898. The smallest absolute Gasteiger partial charge is 0.870 e. The molecule has 0 aliphatic heterocycles. The fraction of sp³-hybridized carbons (Fsp3) is 0.217. The third kappa shape index (κ3) is 36.7. The van der Waals surface area contributed by atoms with E-state index in [9.17, 15) is 14.0 Å². The molecule has 31 heavy (non-hydrogen) atoms. The molecule has 0 aromatic heterocycles. The van der Waals surface area contributed by atoms with Gasteiger partial charge < -0.3 is 15.3 Å². The molecule has 0 bridgehead atoms. The molecule has 0 radical (unpaired) electrons. The minimum absolute atomic E-state index is 0. The number of alkyl halides is 1. The maximum absolute atomic E-state index is 10.1. The molecule has 2 rings (SSSR count). The van der Waals surface area contributed by atoms with E-state index in [1.807, 2.05) is 62.4 Å². The van der Waals surface area contributed by atoms with E-state index < -0.39 is 11.9 Å². The Morgan fingerprint density at radius 2 is 1.45 bits per heavy atom. The minimum Gasteiger partial charge on any atom is -0.870 e. The Labute approximate surface area is 244 Å². The van der Waals surface area contributed by atoms with Gasteiger partial charge in [-0.05, 0) is 46.4 Å². The van der Waals surface area contributed by atoms with E-state index in [4.69, 9.17) is 6.48 Å². The standard InChI is InChI=1S/C9H8O2.C6H5I.C4H5O2.C2H6.CH3F.CH4.K.H2O/c10-9(11)7-6-8-4-2-1-3-5-8;7-6-4-2-1-3-5-6;1-3-4(5)6-2;2*1-2;;;/h1-7H,(H,10,11);1-5H;1,3H,2H3;1-2H3;1H3;1H4;;1H2/q;;+1;;;;+1;/p-1/b7-6+;;;;;;;/i;;;;;1D;;. The molecule has 2 aromatic rings. The van der Waals surface area contributed by atoms with Crippen molar-refractivity contribution < 1.29 is 82.1 Å². The average Bonchev–Trinajstić information content (AvgIpc) is 2.83. The number of ether oxygens (including phenoxy) is 1. The third-order valence-electron chi connectivity index (χ3n) is 2.29. The Hall–Kier alpha value is -0.974. The van der Waals surface area contributed by atoms with Crippen molar-refractivity contribution >= 4 is 40.6 Å². The summed E-state index contributed by atoms with van der Waals surface area (Å²) >= 11 is 2.28. The number of carboxylic acids is 1. The Bertz CT molecular complexity index is 660. The number of carbonyl (C=O) groups is 2. The molecule has 0 fully saturated rings. The molecule has 0 saturated heterocycles. The summed E-state index contributed by atoms with van der Waals surface area (Å²) in [7, 11) is 3.02. The van der Waals surface area contributed by atoms with Gasteiger partial charge in [-0.25, -0.2) is 4.79 Å². The largest absolute Gasteiger partial charge is 1.00 e. The van der Waals surface area contributed by atoms with E-state index in [-0.39, 0.29) is 56.9 Å². The van der Waals surface area contributed by atoms with Crippen LogP contribution in [0.3, 0.4) is 0 Å². The molecule has 0 saturated carbocycles. The number of carboxylic acid groups (broad SMARTS) is 1. The molecular weight excluding hydrogens is 541 g/mol. The Kier molecular flexibility index (Phi) is 47.4. The summed E-state index contributed by atoms with van der Waals surface area (Å²) in [6.07, 6.45) is 3.54. The first-order valence-electron chi connectivity index (χ1n) is 9.17. The summed E-state index contributed by atoms with van der Waals surface area (Å²) in [4.78, 5) is 19.9. The van der Waals surface area contributed by atoms with Crippen molar-refractivity contribution in [3.8, 4) is 0 Å². The van der Waals surface area contributed by atoms with Crippen molar-refractivity contribution in [2.45, 2.75) is 21.3 Å². The van der Waals surface area contributed by atoms with Crippen LogP contribution in [-0.2, 0) is 14.3 Å². The summed E-state index contributed by atoms with van der Waals surface area (Å²) < 4.78 is 20.6. The maximum atomic E-state index is 10.1. The van der Waals surface area contributed by atoms with Crippen LogP contribution >= 0.6 is 22.6 Å². The van der Waals surface area contributed by atoms with Gasteiger partial charge in [0.2, 0.25) is 6.08 Å². The molecule has 2 N–H and O–H groups in total. The zero-order valence-corrected chi connectivity index (χ0v) is 24.2. The van der Waals surface area contributed by atoms with Crippen LogP contribution in [0.5, 0.6) is 0 Å². The maximum Gasteiger partial charge on any atom is 1.00 e. The van der Waals surface area contributed by atoms with Gasteiger partial charge in [-0.2, -0.15) is 0 Å². The van der Waals surface area contributed by atoms with Gasteiger partial charge >= 0.3 is 63.3 Å². The van der Waals surface area contributed by atoms with Crippen LogP contribution in [0.1, 0.15) is 28.2 Å². The number of benzene rings is 2. The SMILES string of the molecule is CC.CF.Ic1ccccc1.O=C(O)/C=C/c1ccccc1.[2H]C.[CH+]=CC(=O)OC.[K+].[OH-]. The number of hydrogen-bond acceptors (Lipinski definition) is 4.